The summed E-state index contributed by atoms with van der Waals surface area (Å²) in [5.41, 5.74) is 15.7. The Labute approximate surface area is 223 Å². The highest BCUT2D eigenvalue weighted by molar-refractivity contribution is 7.14. The van der Waals surface area contributed by atoms with Gasteiger partial charge in [-0.3, -0.25) is 0 Å². The number of aromatic nitrogens is 2. The van der Waals surface area contributed by atoms with Gasteiger partial charge in [-0.1, -0.05) is 72.8 Å². The van der Waals surface area contributed by atoms with Crippen molar-refractivity contribution in [3.05, 3.63) is 127 Å². The molecule has 3 heterocycles. The summed E-state index contributed by atoms with van der Waals surface area (Å²) < 4.78 is 4.77. The van der Waals surface area contributed by atoms with Gasteiger partial charge in [0.25, 0.3) is 0 Å². The van der Waals surface area contributed by atoms with E-state index in [1.807, 2.05) is 0 Å². The summed E-state index contributed by atoms with van der Waals surface area (Å²) in [5, 5.41) is 7.91. The van der Waals surface area contributed by atoms with Crippen molar-refractivity contribution in [1.82, 2.24) is 9.13 Å². The second-order valence-corrected chi connectivity index (χ2v) is 10.6. The van der Waals surface area contributed by atoms with E-state index in [0.29, 0.717) is 0 Å². The van der Waals surface area contributed by atoms with Crippen molar-refractivity contribution in [1.29, 1.82) is 0 Å². The van der Waals surface area contributed by atoms with E-state index in [1.54, 1.807) is 11.3 Å². The van der Waals surface area contributed by atoms with E-state index in [9.17, 15) is 0 Å². The number of fused-ring (bicyclic) bond motifs is 6. The van der Waals surface area contributed by atoms with Gasteiger partial charge < -0.3 is 14.9 Å². The van der Waals surface area contributed by atoms with Crippen molar-refractivity contribution < 1.29 is 0 Å². The maximum atomic E-state index is 6.48. The summed E-state index contributed by atoms with van der Waals surface area (Å²) in [6, 6.07) is 43.6. The van der Waals surface area contributed by atoms with Crippen LogP contribution in [-0.4, -0.2) is 9.13 Å². The molecule has 0 radical (unpaired) electrons. The van der Waals surface area contributed by atoms with E-state index in [1.165, 1.54) is 43.6 Å². The third kappa shape index (κ3) is 3.01. The minimum Gasteiger partial charge on any atom is -0.390 e. The zero-order chi connectivity index (χ0) is 25.2. The molecule has 0 aliphatic carbocycles. The lowest BCUT2D eigenvalue weighted by Crippen LogP contribution is -2.00. The third-order valence-electron chi connectivity index (χ3n) is 7.59. The largest absolute Gasteiger partial charge is 0.390 e. The van der Waals surface area contributed by atoms with Crippen LogP contribution >= 0.6 is 11.3 Å². The van der Waals surface area contributed by atoms with Gasteiger partial charge >= 0.3 is 0 Å². The van der Waals surface area contributed by atoms with Crippen molar-refractivity contribution in [2.75, 3.05) is 5.73 Å². The van der Waals surface area contributed by atoms with E-state index in [-0.39, 0.29) is 0 Å². The van der Waals surface area contributed by atoms with Gasteiger partial charge in [0.05, 0.1) is 27.1 Å². The van der Waals surface area contributed by atoms with Gasteiger partial charge in [-0.15, -0.1) is 11.3 Å². The summed E-state index contributed by atoms with van der Waals surface area (Å²) in [7, 11) is 0. The molecule has 180 valence electrons. The summed E-state index contributed by atoms with van der Waals surface area (Å²) >= 11 is 1.58. The van der Waals surface area contributed by atoms with Crippen molar-refractivity contribution in [3.63, 3.8) is 0 Å². The fraction of sp³-hybridized carbons (Fsp3) is 0. The average molecular weight is 506 g/mol. The zero-order valence-corrected chi connectivity index (χ0v) is 21.3. The number of nitrogen functional groups attached to an aromatic ring is 1. The Bertz CT molecular complexity index is 1920. The first-order chi connectivity index (χ1) is 18.8. The lowest BCUT2D eigenvalue weighted by atomic mass is 10.1. The fourth-order valence-corrected chi connectivity index (χ4v) is 6.63. The number of nitrogens with zero attached hydrogens (tertiary/aromatic N) is 2. The van der Waals surface area contributed by atoms with Crippen LogP contribution in [0.3, 0.4) is 0 Å². The SMILES string of the molecule is Nc1sccc1-c1cc(-n2c3ccccc3c3ccccc32)cc(-n2c3ccccc3c3ccccc32)c1. The maximum absolute atomic E-state index is 6.48. The normalized spacial score (nSPS) is 11.8. The van der Waals surface area contributed by atoms with Crippen LogP contribution in [0.25, 0.3) is 66.1 Å². The molecule has 0 unspecified atom stereocenters. The average Bonchev–Trinajstić information content (AvgIpc) is 3.64. The number of thiophene rings is 1. The van der Waals surface area contributed by atoms with Gasteiger partial charge in [-0.25, -0.2) is 0 Å². The Morgan fingerprint density at radius 2 is 0.868 bits per heavy atom. The van der Waals surface area contributed by atoms with Gasteiger partial charge in [0, 0.05) is 38.5 Å². The molecule has 3 aromatic heterocycles. The molecule has 4 heteroatoms. The number of hydrogen-bond acceptors (Lipinski definition) is 2. The molecule has 0 aliphatic heterocycles. The lowest BCUT2D eigenvalue weighted by Gasteiger charge is -2.15. The third-order valence-corrected chi connectivity index (χ3v) is 8.33. The monoisotopic (exact) mass is 505 g/mol. The van der Waals surface area contributed by atoms with Crippen LogP contribution in [-0.2, 0) is 0 Å². The molecular weight excluding hydrogens is 482 g/mol. The highest BCUT2D eigenvalue weighted by Crippen LogP contribution is 2.39. The number of rotatable bonds is 3. The zero-order valence-electron chi connectivity index (χ0n) is 20.5. The Balaban J connectivity index is 1.52. The van der Waals surface area contributed by atoms with Gasteiger partial charge in [0.2, 0.25) is 0 Å². The molecule has 2 N–H and O–H groups in total. The van der Waals surface area contributed by atoms with Crippen LogP contribution in [0.15, 0.2) is 127 Å². The summed E-state index contributed by atoms with van der Waals surface area (Å²) in [5.74, 6) is 0. The number of benzene rings is 5. The van der Waals surface area contributed by atoms with Crippen LogP contribution in [0, 0.1) is 0 Å². The summed E-state index contributed by atoms with van der Waals surface area (Å²) in [6.07, 6.45) is 0. The molecule has 0 saturated heterocycles. The van der Waals surface area contributed by atoms with Gasteiger partial charge in [0.1, 0.15) is 0 Å². The van der Waals surface area contributed by atoms with Crippen LogP contribution in [0.4, 0.5) is 5.00 Å². The van der Waals surface area contributed by atoms with Crippen molar-refractivity contribution in [2.45, 2.75) is 0 Å². The van der Waals surface area contributed by atoms with E-state index >= 15 is 0 Å². The smallest absolute Gasteiger partial charge is 0.0936 e. The Kier molecular flexibility index (Phi) is 4.54. The molecule has 38 heavy (non-hydrogen) atoms. The molecule has 8 rings (SSSR count). The van der Waals surface area contributed by atoms with Crippen LogP contribution in [0.5, 0.6) is 0 Å². The molecule has 0 amide bonds. The van der Waals surface area contributed by atoms with Gasteiger partial charge in [-0.2, -0.15) is 0 Å². The Morgan fingerprint density at radius 1 is 0.474 bits per heavy atom. The minimum absolute atomic E-state index is 0.831. The Morgan fingerprint density at radius 3 is 1.24 bits per heavy atom. The molecular formula is C34H23N3S. The topological polar surface area (TPSA) is 35.9 Å². The molecule has 0 aliphatic rings. The van der Waals surface area contributed by atoms with E-state index in [2.05, 4.69) is 136 Å². The standard InChI is InChI=1S/C34H23N3S/c35-34-25(17-18-38-34)22-19-23(36-30-13-5-1-9-26(30)27-10-2-6-14-31(27)36)21-24(20-22)37-32-15-7-3-11-28(32)29-12-4-8-16-33(29)37/h1-21H,35H2. The molecule has 0 saturated carbocycles. The first kappa shape index (κ1) is 21.3. The van der Waals surface area contributed by atoms with Gasteiger partial charge in [0.15, 0.2) is 0 Å². The second-order valence-electron chi connectivity index (χ2n) is 9.68. The first-order valence-corrected chi connectivity index (χ1v) is 13.6. The predicted molar refractivity (Wildman–Crippen MR) is 163 cm³/mol. The molecule has 3 nitrogen and oxygen atoms in total. The van der Waals surface area contributed by atoms with Crippen LogP contribution in [0.2, 0.25) is 0 Å². The van der Waals surface area contributed by atoms with Crippen LogP contribution < -0.4 is 5.73 Å². The molecule has 0 fully saturated rings. The minimum atomic E-state index is 0.831. The molecule has 0 atom stereocenters. The highest BCUT2D eigenvalue weighted by atomic mass is 32.1. The van der Waals surface area contributed by atoms with E-state index in [4.69, 9.17) is 5.73 Å². The molecule has 0 spiro atoms. The van der Waals surface area contributed by atoms with Gasteiger partial charge in [-0.05, 0) is 59.5 Å². The highest BCUT2D eigenvalue weighted by Gasteiger charge is 2.17. The van der Waals surface area contributed by atoms with Crippen molar-refractivity contribution in [3.8, 4) is 22.5 Å². The summed E-state index contributed by atoms with van der Waals surface area (Å²) in [4.78, 5) is 0. The lowest BCUT2D eigenvalue weighted by molar-refractivity contribution is 1.13. The number of hydrogen-bond donors (Lipinski definition) is 1. The first-order valence-electron chi connectivity index (χ1n) is 12.7. The molecule has 0 bridgehead atoms. The van der Waals surface area contributed by atoms with E-state index < -0.39 is 0 Å². The second kappa shape index (κ2) is 8.10. The maximum Gasteiger partial charge on any atom is 0.0936 e. The number of anilines is 1. The van der Waals surface area contributed by atoms with Crippen molar-refractivity contribution in [2.24, 2.45) is 0 Å². The van der Waals surface area contributed by atoms with E-state index in [0.717, 1.165) is 27.5 Å². The number of nitrogens with two attached hydrogens (primary N) is 1. The quantitative estimate of drug-likeness (QED) is 0.255. The van der Waals surface area contributed by atoms with Crippen molar-refractivity contribution >= 4 is 59.9 Å². The van der Waals surface area contributed by atoms with Crippen LogP contribution in [0.1, 0.15) is 0 Å². The Hall–Kier alpha value is -4.80. The molecule has 5 aromatic carbocycles. The fourth-order valence-electron chi connectivity index (χ4n) is 5.97. The summed E-state index contributed by atoms with van der Waals surface area (Å²) in [6.45, 7) is 0. The molecule has 8 aromatic rings. The number of para-hydroxylation sites is 4. The predicted octanol–water partition coefficient (Wildman–Crippen LogP) is 9.19.